The zero-order chi connectivity index (χ0) is 55.6. The summed E-state index contributed by atoms with van der Waals surface area (Å²) in [5.41, 5.74) is 0. The molecule has 0 aromatic carbocycles. The number of phosphoric ester groups is 1. The highest BCUT2D eigenvalue weighted by Crippen LogP contribution is 2.38. The maximum Gasteiger partial charge on any atom is 0.306 e. The Morgan fingerprint density at radius 3 is 1.12 bits per heavy atom. The summed E-state index contributed by atoms with van der Waals surface area (Å²) in [5, 5.41) is 0. The molecule has 2 atom stereocenters. The lowest BCUT2D eigenvalue weighted by Crippen LogP contribution is -2.37. The quantitative estimate of drug-likeness (QED) is 0.0195. The number of unbranched alkanes of at least 4 members (excludes halogenated alkanes) is 20. The van der Waals surface area contributed by atoms with Crippen LogP contribution in [0.25, 0.3) is 0 Å². The molecule has 0 radical (unpaired) electrons. The Kier molecular flexibility index (Phi) is 53.5. The van der Waals surface area contributed by atoms with Gasteiger partial charge in [0.15, 0.2) is 6.10 Å². The third-order valence-electron chi connectivity index (χ3n) is 12.5. The first-order valence-corrected chi connectivity index (χ1v) is 31.7. The van der Waals surface area contributed by atoms with Crippen molar-refractivity contribution < 1.29 is 42.1 Å². The Bertz CT molecular complexity index is 1700. The molecule has 0 rings (SSSR count). The summed E-state index contributed by atoms with van der Waals surface area (Å²) in [7, 11) is 1.14. The molecular weight excluding hydrogens is 966 g/mol. The van der Waals surface area contributed by atoms with E-state index in [0.717, 1.165) is 116 Å². The van der Waals surface area contributed by atoms with Crippen molar-refractivity contribution in [1.82, 2.24) is 0 Å². The summed E-state index contributed by atoms with van der Waals surface area (Å²) in [6.07, 6.45) is 79.6. The fraction of sp³-hybridized carbons (Fsp3) is 0.667. The van der Waals surface area contributed by atoms with Gasteiger partial charge in [-0.05, 0) is 109 Å². The number of hydrogen-bond donors (Lipinski definition) is 0. The van der Waals surface area contributed by atoms with Crippen LogP contribution in [-0.2, 0) is 32.7 Å². The van der Waals surface area contributed by atoms with Crippen LogP contribution in [-0.4, -0.2) is 70.0 Å². The van der Waals surface area contributed by atoms with Crippen LogP contribution in [0, 0.1) is 0 Å². The van der Waals surface area contributed by atoms with E-state index in [-0.39, 0.29) is 26.1 Å². The Balaban J connectivity index is 4.15. The monoisotopic (exact) mass is 1080 g/mol. The smallest absolute Gasteiger partial charge is 0.306 e. The number of carbonyl (C=O) groups excluding carboxylic acids is 2. The minimum Gasteiger partial charge on any atom is -0.756 e. The number of likely N-dealkylation sites (N-methyl/N-ethyl adjacent to an activating group) is 1. The number of rotatable bonds is 54. The SMILES string of the molecule is CC/C=C\C/C=C\C/C=C\C/C=C\C/C=C\C/C=C\C/C=C\C/C=C\CCCCCCCCCCCCC(=O)OC(COC(=O)CCCCCCCCC/C=C\C/C=C\CCCCC)COP(=O)([O-])OCC[N+](C)(C)C. The van der Waals surface area contributed by atoms with Crippen LogP contribution in [0.2, 0.25) is 0 Å². The molecule has 0 N–H and O–H groups in total. The molecule has 76 heavy (non-hydrogen) atoms. The van der Waals surface area contributed by atoms with Crippen LogP contribution < -0.4 is 4.89 Å². The number of phosphoric acid groups is 1. The van der Waals surface area contributed by atoms with Crippen LogP contribution in [0.3, 0.4) is 0 Å². The van der Waals surface area contributed by atoms with Gasteiger partial charge in [0.05, 0.1) is 27.7 Å². The van der Waals surface area contributed by atoms with E-state index in [2.05, 4.69) is 135 Å². The Hall–Kier alpha value is -3.59. The summed E-state index contributed by atoms with van der Waals surface area (Å²) >= 11 is 0. The van der Waals surface area contributed by atoms with Gasteiger partial charge < -0.3 is 27.9 Å². The molecule has 434 valence electrons. The van der Waals surface area contributed by atoms with E-state index in [1.165, 1.54) is 83.5 Å². The van der Waals surface area contributed by atoms with Crippen molar-refractivity contribution in [2.75, 3.05) is 47.5 Å². The maximum absolute atomic E-state index is 12.8. The first kappa shape index (κ1) is 72.4. The van der Waals surface area contributed by atoms with Gasteiger partial charge in [-0.3, -0.25) is 14.2 Å². The van der Waals surface area contributed by atoms with Gasteiger partial charge in [-0.1, -0.05) is 232 Å². The van der Waals surface area contributed by atoms with Crippen molar-refractivity contribution in [3.63, 3.8) is 0 Å². The first-order valence-electron chi connectivity index (χ1n) is 30.2. The Morgan fingerprint density at radius 2 is 0.750 bits per heavy atom. The van der Waals surface area contributed by atoms with Gasteiger partial charge in [-0.15, -0.1) is 0 Å². The average molecular weight is 1080 g/mol. The van der Waals surface area contributed by atoms with Gasteiger partial charge in [-0.2, -0.15) is 0 Å². The van der Waals surface area contributed by atoms with E-state index >= 15 is 0 Å². The number of nitrogens with zero attached hydrogens (tertiary/aromatic N) is 1. The molecule has 0 saturated heterocycles. The third-order valence-corrected chi connectivity index (χ3v) is 13.4. The second kappa shape index (κ2) is 56.1. The van der Waals surface area contributed by atoms with Crippen molar-refractivity contribution in [1.29, 1.82) is 0 Å². The molecule has 9 nitrogen and oxygen atoms in total. The van der Waals surface area contributed by atoms with Crippen LogP contribution in [0.1, 0.15) is 232 Å². The van der Waals surface area contributed by atoms with Crippen molar-refractivity contribution in [2.24, 2.45) is 0 Å². The number of ether oxygens (including phenoxy) is 2. The largest absolute Gasteiger partial charge is 0.756 e. The molecule has 0 bridgehead atoms. The van der Waals surface area contributed by atoms with E-state index in [9.17, 15) is 19.0 Å². The van der Waals surface area contributed by atoms with Crippen molar-refractivity contribution in [2.45, 2.75) is 238 Å². The van der Waals surface area contributed by atoms with Gasteiger partial charge >= 0.3 is 11.9 Å². The van der Waals surface area contributed by atoms with Gasteiger partial charge in [0, 0.05) is 12.8 Å². The molecule has 0 amide bonds. The van der Waals surface area contributed by atoms with Crippen LogP contribution >= 0.6 is 7.82 Å². The summed E-state index contributed by atoms with van der Waals surface area (Å²) < 4.78 is 34.1. The highest BCUT2D eigenvalue weighted by atomic mass is 31.2. The Morgan fingerprint density at radius 1 is 0.421 bits per heavy atom. The third kappa shape index (κ3) is 59.7. The lowest BCUT2D eigenvalue weighted by atomic mass is 10.0. The molecular formula is C66H112NO8P. The predicted molar refractivity (Wildman–Crippen MR) is 323 cm³/mol. The minimum absolute atomic E-state index is 0.0387. The second-order valence-electron chi connectivity index (χ2n) is 21.0. The lowest BCUT2D eigenvalue weighted by Gasteiger charge is -2.28. The van der Waals surface area contributed by atoms with Gasteiger partial charge in [0.1, 0.15) is 19.8 Å². The fourth-order valence-corrected chi connectivity index (χ4v) is 8.55. The number of esters is 2. The molecule has 0 spiro atoms. The zero-order valence-electron chi connectivity index (χ0n) is 49.2. The predicted octanol–water partition coefficient (Wildman–Crippen LogP) is 18.5. The highest BCUT2D eigenvalue weighted by molar-refractivity contribution is 7.45. The molecule has 10 heteroatoms. The molecule has 0 fully saturated rings. The summed E-state index contributed by atoms with van der Waals surface area (Å²) in [5.74, 6) is -0.853. The normalized spacial score (nSPS) is 14.1. The topological polar surface area (TPSA) is 111 Å². The summed E-state index contributed by atoms with van der Waals surface area (Å²) in [4.78, 5) is 37.9. The van der Waals surface area contributed by atoms with E-state index in [1.54, 1.807) is 0 Å². The summed E-state index contributed by atoms with van der Waals surface area (Å²) in [6, 6.07) is 0. The second-order valence-corrected chi connectivity index (χ2v) is 22.4. The number of carbonyl (C=O) groups is 2. The standard InChI is InChI=1S/C66H112NO8P/c1-6-8-10-12-14-16-18-20-22-24-25-26-27-28-29-30-31-32-33-34-35-36-37-38-39-40-41-43-45-47-49-51-53-55-57-59-66(69)75-64(63-74-76(70,71)73-61-60-67(3,4)5)62-72-65(68)58-56-54-52-50-48-46-44-42-23-21-19-17-15-13-11-9-7-2/h8,10,14-17,20-23,25-26,28-29,31-32,34-35,37-38,64H,6-7,9,11-13,18-19,24,27,30,33,36,39-63H2,1-5H3/b10-8-,16-14-,17-15-,22-20-,23-21-,26-25-,29-28-,32-31-,35-34-,38-37-. The number of quaternary nitrogens is 1. The van der Waals surface area contributed by atoms with E-state index < -0.39 is 32.5 Å². The van der Waals surface area contributed by atoms with Gasteiger partial charge in [-0.25, -0.2) is 0 Å². The summed E-state index contributed by atoms with van der Waals surface area (Å²) in [6.45, 7) is 4.08. The molecule has 0 aliphatic carbocycles. The van der Waals surface area contributed by atoms with Gasteiger partial charge in [0.25, 0.3) is 7.82 Å². The van der Waals surface area contributed by atoms with Gasteiger partial charge in [0.2, 0.25) is 0 Å². The van der Waals surface area contributed by atoms with E-state index in [0.29, 0.717) is 17.4 Å². The average Bonchev–Trinajstić information content (AvgIpc) is 3.38. The van der Waals surface area contributed by atoms with Crippen LogP contribution in [0.5, 0.6) is 0 Å². The maximum atomic E-state index is 12.8. The first-order chi connectivity index (χ1) is 37.0. The van der Waals surface area contributed by atoms with Crippen molar-refractivity contribution in [3.05, 3.63) is 122 Å². The molecule has 0 aromatic rings. The van der Waals surface area contributed by atoms with Crippen molar-refractivity contribution in [3.8, 4) is 0 Å². The van der Waals surface area contributed by atoms with E-state index in [4.69, 9.17) is 18.5 Å². The zero-order valence-corrected chi connectivity index (χ0v) is 50.0. The highest BCUT2D eigenvalue weighted by Gasteiger charge is 2.22. The molecule has 2 unspecified atom stereocenters. The fourth-order valence-electron chi connectivity index (χ4n) is 7.82. The van der Waals surface area contributed by atoms with Crippen LogP contribution in [0.4, 0.5) is 0 Å². The Labute approximate surface area is 467 Å². The molecule has 0 aromatic heterocycles. The lowest BCUT2D eigenvalue weighted by molar-refractivity contribution is -0.870. The van der Waals surface area contributed by atoms with Crippen molar-refractivity contribution >= 4 is 19.8 Å². The number of hydrogen-bond acceptors (Lipinski definition) is 8. The molecule has 0 saturated carbocycles. The van der Waals surface area contributed by atoms with Crippen LogP contribution in [0.15, 0.2) is 122 Å². The minimum atomic E-state index is -4.65. The molecule has 0 heterocycles. The van der Waals surface area contributed by atoms with E-state index in [1.807, 2.05) is 21.1 Å². The number of allylic oxidation sites excluding steroid dienone is 20. The molecule has 0 aliphatic heterocycles. The molecule has 0 aliphatic rings.